The van der Waals surface area contributed by atoms with Crippen molar-refractivity contribution in [2.75, 3.05) is 0 Å². The van der Waals surface area contributed by atoms with Crippen molar-refractivity contribution in [2.45, 2.75) is 46.1 Å². The molecule has 0 atom stereocenters. The van der Waals surface area contributed by atoms with Crippen LogP contribution in [-0.2, 0) is 6.42 Å². The number of hydrogen-bond donors (Lipinski definition) is 1. The van der Waals surface area contributed by atoms with E-state index in [1.54, 1.807) is 12.1 Å². The van der Waals surface area contributed by atoms with Gasteiger partial charge in [0.05, 0.1) is 0 Å². The highest BCUT2D eigenvalue weighted by Crippen LogP contribution is 2.26. The Kier molecular flexibility index (Phi) is 3.61. The Morgan fingerprint density at radius 2 is 1.93 bits per heavy atom. The summed E-state index contributed by atoms with van der Waals surface area (Å²) in [5.41, 5.74) is 0.764. The van der Waals surface area contributed by atoms with Crippen LogP contribution in [0.2, 0.25) is 0 Å². The molecule has 0 aromatic heterocycles. The van der Waals surface area contributed by atoms with E-state index < -0.39 is 0 Å². The molecule has 84 valence electrons. The molecule has 0 heterocycles. The third-order valence-electron chi connectivity index (χ3n) is 1.99. The second-order valence-corrected chi connectivity index (χ2v) is 4.75. The molecule has 0 bridgehead atoms. The van der Waals surface area contributed by atoms with E-state index in [1.165, 1.54) is 0 Å². The average molecular weight is 208 g/mol. The van der Waals surface area contributed by atoms with Crippen LogP contribution in [-0.4, -0.2) is 10.7 Å². The van der Waals surface area contributed by atoms with Crippen molar-refractivity contribution >= 4 is 0 Å². The molecular weight excluding hydrogens is 188 g/mol. The molecule has 0 amide bonds. The Morgan fingerprint density at radius 1 is 1.27 bits per heavy atom. The van der Waals surface area contributed by atoms with Gasteiger partial charge in [0.25, 0.3) is 0 Å². The maximum Gasteiger partial charge on any atom is 0.120 e. The lowest BCUT2D eigenvalue weighted by molar-refractivity contribution is 0.130. The highest BCUT2D eigenvalue weighted by molar-refractivity contribution is 5.39. The Labute approximate surface area is 91.9 Å². The molecule has 1 aromatic carbocycles. The topological polar surface area (TPSA) is 29.5 Å². The lowest BCUT2D eigenvalue weighted by Crippen LogP contribution is -2.22. The fourth-order valence-corrected chi connectivity index (χ4v) is 1.45. The maximum absolute atomic E-state index is 9.61. The average Bonchev–Trinajstić information content (AvgIpc) is 2.09. The molecule has 0 saturated heterocycles. The molecule has 0 aliphatic rings. The molecule has 2 heteroatoms. The van der Waals surface area contributed by atoms with Crippen LogP contribution in [0.5, 0.6) is 11.5 Å². The van der Waals surface area contributed by atoms with Crippen LogP contribution in [0.3, 0.4) is 0 Å². The van der Waals surface area contributed by atoms with Gasteiger partial charge in [-0.25, -0.2) is 0 Å². The van der Waals surface area contributed by atoms with Gasteiger partial charge < -0.3 is 9.84 Å². The summed E-state index contributed by atoms with van der Waals surface area (Å²) in [6.45, 7) is 8.13. The molecule has 1 rings (SSSR count). The van der Waals surface area contributed by atoms with Gasteiger partial charge >= 0.3 is 0 Å². The fraction of sp³-hybridized carbons (Fsp3) is 0.538. The van der Waals surface area contributed by atoms with Crippen LogP contribution in [0.1, 0.15) is 39.7 Å². The molecular formula is C13H20O2. The van der Waals surface area contributed by atoms with E-state index in [9.17, 15) is 5.11 Å². The van der Waals surface area contributed by atoms with Crippen LogP contribution < -0.4 is 4.74 Å². The maximum atomic E-state index is 9.61. The lowest BCUT2D eigenvalue weighted by atomic mass is 10.1. The SMILES string of the molecule is CCCc1cc(OC(C)(C)C)ccc1O. The number of aryl methyl sites for hydroxylation is 1. The van der Waals surface area contributed by atoms with Crippen molar-refractivity contribution in [1.82, 2.24) is 0 Å². The van der Waals surface area contributed by atoms with E-state index in [0.29, 0.717) is 5.75 Å². The number of benzene rings is 1. The molecule has 1 N–H and O–H groups in total. The predicted octanol–water partition coefficient (Wildman–Crippen LogP) is 3.52. The summed E-state index contributed by atoms with van der Waals surface area (Å²) in [5, 5.41) is 9.61. The van der Waals surface area contributed by atoms with Crippen molar-refractivity contribution in [1.29, 1.82) is 0 Å². The lowest BCUT2D eigenvalue weighted by Gasteiger charge is -2.21. The first-order valence-corrected chi connectivity index (χ1v) is 5.43. The summed E-state index contributed by atoms with van der Waals surface area (Å²) in [5.74, 6) is 1.18. The summed E-state index contributed by atoms with van der Waals surface area (Å²) in [6.07, 6.45) is 1.90. The zero-order valence-corrected chi connectivity index (χ0v) is 10.0. The van der Waals surface area contributed by atoms with Crippen LogP contribution >= 0.6 is 0 Å². The molecule has 15 heavy (non-hydrogen) atoms. The first-order valence-electron chi connectivity index (χ1n) is 5.43. The standard InChI is InChI=1S/C13H20O2/c1-5-6-10-9-11(7-8-12(10)14)15-13(2,3)4/h7-9,14H,5-6H2,1-4H3. The van der Waals surface area contributed by atoms with E-state index in [4.69, 9.17) is 4.74 Å². The van der Waals surface area contributed by atoms with Gasteiger partial charge in [-0.2, -0.15) is 0 Å². The number of hydrogen-bond acceptors (Lipinski definition) is 2. The largest absolute Gasteiger partial charge is 0.508 e. The molecule has 1 aromatic rings. The van der Waals surface area contributed by atoms with Crippen molar-refractivity contribution in [2.24, 2.45) is 0 Å². The van der Waals surface area contributed by atoms with E-state index >= 15 is 0 Å². The summed E-state index contributed by atoms with van der Waals surface area (Å²) < 4.78 is 5.73. The van der Waals surface area contributed by atoms with E-state index in [2.05, 4.69) is 6.92 Å². The molecule has 0 radical (unpaired) electrons. The minimum atomic E-state index is -0.194. The van der Waals surface area contributed by atoms with Crippen LogP contribution in [0.15, 0.2) is 18.2 Å². The number of rotatable bonds is 3. The van der Waals surface area contributed by atoms with Crippen molar-refractivity contribution in [3.63, 3.8) is 0 Å². The van der Waals surface area contributed by atoms with Crippen LogP contribution in [0.4, 0.5) is 0 Å². The summed E-state index contributed by atoms with van der Waals surface area (Å²) >= 11 is 0. The van der Waals surface area contributed by atoms with Gasteiger partial charge in [0.1, 0.15) is 17.1 Å². The second kappa shape index (κ2) is 4.56. The molecule has 2 nitrogen and oxygen atoms in total. The van der Waals surface area contributed by atoms with Crippen molar-refractivity contribution in [3.8, 4) is 11.5 Å². The second-order valence-electron chi connectivity index (χ2n) is 4.75. The molecule has 0 aliphatic heterocycles. The molecule has 0 aliphatic carbocycles. The highest BCUT2D eigenvalue weighted by atomic mass is 16.5. The Bertz CT molecular complexity index is 324. The van der Waals surface area contributed by atoms with Gasteiger partial charge in [-0.05, 0) is 51.0 Å². The van der Waals surface area contributed by atoms with Gasteiger partial charge in [-0.15, -0.1) is 0 Å². The smallest absolute Gasteiger partial charge is 0.120 e. The first-order chi connectivity index (χ1) is 6.92. The highest BCUT2D eigenvalue weighted by Gasteiger charge is 2.12. The first kappa shape index (κ1) is 11.9. The zero-order chi connectivity index (χ0) is 11.5. The van der Waals surface area contributed by atoms with E-state index in [0.717, 1.165) is 24.2 Å². The Hall–Kier alpha value is -1.18. The van der Waals surface area contributed by atoms with Gasteiger partial charge in [0.2, 0.25) is 0 Å². The third kappa shape index (κ3) is 3.82. The normalized spacial score (nSPS) is 11.5. The van der Waals surface area contributed by atoms with Gasteiger partial charge in [0.15, 0.2) is 0 Å². The fourth-order valence-electron chi connectivity index (χ4n) is 1.45. The van der Waals surface area contributed by atoms with E-state index in [-0.39, 0.29) is 5.60 Å². The van der Waals surface area contributed by atoms with Crippen LogP contribution in [0, 0.1) is 0 Å². The number of phenolic OH excluding ortho intramolecular Hbond substituents is 1. The Balaban J connectivity index is 2.87. The molecule has 0 unspecified atom stereocenters. The molecule has 0 saturated carbocycles. The summed E-state index contributed by atoms with van der Waals surface area (Å²) in [7, 11) is 0. The van der Waals surface area contributed by atoms with Crippen LogP contribution in [0.25, 0.3) is 0 Å². The monoisotopic (exact) mass is 208 g/mol. The van der Waals surface area contributed by atoms with Gasteiger partial charge in [-0.1, -0.05) is 13.3 Å². The van der Waals surface area contributed by atoms with Crippen molar-refractivity contribution in [3.05, 3.63) is 23.8 Å². The van der Waals surface area contributed by atoms with Gasteiger partial charge in [-0.3, -0.25) is 0 Å². The Morgan fingerprint density at radius 3 is 2.47 bits per heavy atom. The minimum absolute atomic E-state index is 0.194. The molecule has 0 spiro atoms. The number of aromatic hydroxyl groups is 1. The van der Waals surface area contributed by atoms with Crippen molar-refractivity contribution < 1.29 is 9.84 Å². The van der Waals surface area contributed by atoms with Gasteiger partial charge in [0, 0.05) is 0 Å². The zero-order valence-electron chi connectivity index (χ0n) is 10.0. The minimum Gasteiger partial charge on any atom is -0.508 e. The predicted molar refractivity (Wildman–Crippen MR) is 62.5 cm³/mol. The number of phenols is 1. The summed E-state index contributed by atoms with van der Waals surface area (Å²) in [6, 6.07) is 5.43. The summed E-state index contributed by atoms with van der Waals surface area (Å²) in [4.78, 5) is 0. The van der Waals surface area contributed by atoms with E-state index in [1.807, 2.05) is 26.8 Å². The number of ether oxygens (including phenoxy) is 1. The quantitative estimate of drug-likeness (QED) is 0.823. The third-order valence-corrected chi connectivity index (χ3v) is 1.99. The molecule has 0 fully saturated rings.